The number of rotatable bonds is 2. The fourth-order valence-electron chi connectivity index (χ4n) is 3.12. The topological polar surface area (TPSA) is 23.5 Å². The standard InChI is InChI=1S/C15H21NOS/c1-15(17)7-4-8-16(11-15)10-13-9-12-5-2-3-6-14(12)18-13/h2-3,5-6,13,17H,4,7-11H2,1H3. The van der Waals surface area contributed by atoms with E-state index in [0.717, 1.165) is 32.5 Å². The number of nitrogens with zero attached hydrogens (tertiary/aromatic N) is 1. The number of likely N-dealkylation sites (tertiary alicyclic amines) is 1. The van der Waals surface area contributed by atoms with Gasteiger partial charge in [0.1, 0.15) is 0 Å². The maximum absolute atomic E-state index is 10.1. The molecule has 2 unspecified atom stereocenters. The van der Waals surface area contributed by atoms with E-state index in [9.17, 15) is 5.11 Å². The highest BCUT2D eigenvalue weighted by atomic mass is 32.2. The summed E-state index contributed by atoms with van der Waals surface area (Å²) in [7, 11) is 0. The Morgan fingerprint density at radius 3 is 3.06 bits per heavy atom. The SMILES string of the molecule is CC1(O)CCCN(CC2Cc3ccccc3S2)C1. The minimum atomic E-state index is -0.478. The molecule has 0 radical (unpaired) electrons. The number of benzene rings is 1. The fraction of sp³-hybridized carbons (Fsp3) is 0.600. The minimum absolute atomic E-state index is 0.478. The maximum Gasteiger partial charge on any atom is 0.0746 e. The van der Waals surface area contributed by atoms with E-state index in [-0.39, 0.29) is 0 Å². The molecular formula is C15H21NOS. The highest BCUT2D eigenvalue weighted by Crippen LogP contribution is 2.37. The van der Waals surface area contributed by atoms with E-state index in [4.69, 9.17) is 0 Å². The number of piperidine rings is 1. The van der Waals surface area contributed by atoms with Crippen LogP contribution in [-0.2, 0) is 6.42 Å². The summed E-state index contributed by atoms with van der Waals surface area (Å²) in [5, 5.41) is 10.8. The van der Waals surface area contributed by atoms with Crippen LogP contribution >= 0.6 is 11.8 Å². The lowest BCUT2D eigenvalue weighted by atomic mass is 9.95. The first-order valence-corrected chi connectivity index (χ1v) is 7.70. The fourth-order valence-corrected chi connectivity index (χ4v) is 4.49. The van der Waals surface area contributed by atoms with Gasteiger partial charge in [0.25, 0.3) is 0 Å². The number of fused-ring (bicyclic) bond motifs is 1. The summed E-state index contributed by atoms with van der Waals surface area (Å²) in [6.45, 7) is 5.05. The van der Waals surface area contributed by atoms with Crippen molar-refractivity contribution >= 4 is 11.8 Å². The third-order valence-corrected chi connectivity index (χ3v) is 5.23. The first-order valence-electron chi connectivity index (χ1n) is 6.82. The first kappa shape index (κ1) is 12.5. The van der Waals surface area contributed by atoms with Gasteiger partial charge in [-0.1, -0.05) is 18.2 Å². The first-order chi connectivity index (χ1) is 8.62. The van der Waals surface area contributed by atoms with E-state index >= 15 is 0 Å². The number of β-amino-alcohol motifs (C(OH)–C–C–N with tert-alkyl or cyclic N) is 1. The van der Waals surface area contributed by atoms with Gasteiger partial charge in [-0.3, -0.25) is 4.90 Å². The summed E-state index contributed by atoms with van der Waals surface area (Å²) in [4.78, 5) is 3.89. The van der Waals surface area contributed by atoms with Gasteiger partial charge in [-0.25, -0.2) is 0 Å². The molecule has 0 aliphatic carbocycles. The lowest BCUT2D eigenvalue weighted by Gasteiger charge is -2.37. The molecule has 2 heterocycles. The predicted octanol–water partition coefficient (Wildman–Crippen LogP) is 2.55. The van der Waals surface area contributed by atoms with Gasteiger partial charge in [0.05, 0.1) is 5.60 Å². The van der Waals surface area contributed by atoms with Crippen molar-refractivity contribution in [1.82, 2.24) is 4.90 Å². The maximum atomic E-state index is 10.1. The second-order valence-corrected chi connectivity index (χ2v) is 7.23. The molecule has 2 nitrogen and oxygen atoms in total. The Kier molecular flexibility index (Phi) is 3.39. The molecule has 3 rings (SSSR count). The van der Waals surface area contributed by atoms with Crippen molar-refractivity contribution < 1.29 is 5.11 Å². The second-order valence-electron chi connectivity index (χ2n) is 5.89. The smallest absolute Gasteiger partial charge is 0.0746 e. The van der Waals surface area contributed by atoms with Crippen LogP contribution in [0.3, 0.4) is 0 Å². The van der Waals surface area contributed by atoms with Crippen molar-refractivity contribution in [2.24, 2.45) is 0 Å². The van der Waals surface area contributed by atoms with Gasteiger partial charge in [-0.05, 0) is 44.4 Å². The average molecular weight is 263 g/mol. The quantitative estimate of drug-likeness (QED) is 0.887. The largest absolute Gasteiger partial charge is 0.389 e. The normalized spacial score (nSPS) is 32.4. The zero-order valence-electron chi connectivity index (χ0n) is 10.9. The zero-order valence-corrected chi connectivity index (χ0v) is 11.7. The molecule has 1 aromatic carbocycles. The van der Waals surface area contributed by atoms with Crippen LogP contribution in [0.25, 0.3) is 0 Å². The van der Waals surface area contributed by atoms with Gasteiger partial charge < -0.3 is 5.11 Å². The number of aliphatic hydroxyl groups is 1. The van der Waals surface area contributed by atoms with Gasteiger partial charge in [0, 0.05) is 23.2 Å². The molecule has 0 amide bonds. The predicted molar refractivity (Wildman–Crippen MR) is 76.1 cm³/mol. The van der Waals surface area contributed by atoms with Crippen molar-refractivity contribution in [3.63, 3.8) is 0 Å². The van der Waals surface area contributed by atoms with Crippen LogP contribution in [0, 0.1) is 0 Å². The van der Waals surface area contributed by atoms with Crippen molar-refractivity contribution in [1.29, 1.82) is 0 Å². The summed E-state index contributed by atoms with van der Waals surface area (Å²) in [5.74, 6) is 0. The lowest BCUT2D eigenvalue weighted by Crippen LogP contribution is -2.47. The van der Waals surface area contributed by atoms with Gasteiger partial charge >= 0.3 is 0 Å². The van der Waals surface area contributed by atoms with E-state index in [1.54, 1.807) is 0 Å². The highest BCUT2D eigenvalue weighted by Gasteiger charge is 2.31. The minimum Gasteiger partial charge on any atom is -0.389 e. The van der Waals surface area contributed by atoms with Gasteiger partial charge in [-0.15, -0.1) is 11.8 Å². The van der Waals surface area contributed by atoms with E-state index < -0.39 is 5.60 Å². The van der Waals surface area contributed by atoms with Crippen molar-refractivity contribution in [3.05, 3.63) is 29.8 Å². The molecular weight excluding hydrogens is 242 g/mol. The van der Waals surface area contributed by atoms with Gasteiger partial charge in [0.15, 0.2) is 0 Å². The summed E-state index contributed by atoms with van der Waals surface area (Å²) in [6.07, 6.45) is 3.25. The molecule has 0 aromatic heterocycles. The van der Waals surface area contributed by atoms with Crippen LogP contribution in [0.5, 0.6) is 0 Å². The van der Waals surface area contributed by atoms with Crippen LogP contribution in [0.1, 0.15) is 25.3 Å². The molecule has 1 fully saturated rings. The second kappa shape index (κ2) is 4.87. The van der Waals surface area contributed by atoms with Gasteiger partial charge in [0.2, 0.25) is 0 Å². The van der Waals surface area contributed by atoms with E-state index in [1.807, 2.05) is 18.7 Å². The van der Waals surface area contributed by atoms with Crippen LogP contribution < -0.4 is 0 Å². The molecule has 2 aliphatic heterocycles. The van der Waals surface area contributed by atoms with E-state index in [2.05, 4.69) is 29.2 Å². The van der Waals surface area contributed by atoms with Crippen molar-refractivity contribution in [2.45, 2.75) is 41.9 Å². The van der Waals surface area contributed by atoms with Crippen molar-refractivity contribution in [3.8, 4) is 0 Å². The van der Waals surface area contributed by atoms with Crippen LogP contribution in [0.15, 0.2) is 29.2 Å². The van der Waals surface area contributed by atoms with Crippen molar-refractivity contribution in [2.75, 3.05) is 19.6 Å². The molecule has 3 heteroatoms. The molecule has 0 spiro atoms. The third-order valence-electron chi connectivity index (χ3n) is 3.93. The number of hydrogen-bond acceptors (Lipinski definition) is 3. The molecule has 0 bridgehead atoms. The number of thioether (sulfide) groups is 1. The van der Waals surface area contributed by atoms with Gasteiger partial charge in [-0.2, -0.15) is 0 Å². The molecule has 1 saturated heterocycles. The van der Waals surface area contributed by atoms with Crippen LogP contribution in [0.4, 0.5) is 0 Å². The Hall–Kier alpha value is -0.510. The van der Waals surface area contributed by atoms with Crippen LogP contribution in [0.2, 0.25) is 0 Å². The van der Waals surface area contributed by atoms with E-state index in [0.29, 0.717) is 5.25 Å². The monoisotopic (exact) mass is 263 g/mol. The molecule has 1 aromatic rings. The molecule has 18 heavy (non-hydrogen) atoms. The Morgan fingerprint density at radius 2 is 2.28 bits per heavy atom. The zero-order chi connectivity index (χ0) is 12.6. The van der Waals surface area contributed by atoms with Crippen LogP contribution in [-0.4, -0.2) is 40.5 Å². The average Bonchev–Trinajstić information content (AvgIpc) is 2.69. The summed E-state index contributed by atoms with van der Waals surface area (Å²) < 4.78 is 0. The third kappa shape index (κ3) is 2.73. The Balaban J connectivity index is 1.59. The Labute approximate surface area is 113 Å². The Morgan fingerprint density at radius 1 is 1.44 bits per heavy atom. The molecule has 2 atom stereocenters. The molecule has 0 saturated carbocycles. The Bertz CT molecular complexity index is 407. The number of hydrogen-bond donors (Lipinski definition) is 1. The highest BCUT2D eigenvalue weighted by molar-refractivity contribution is 8.00. The molecule has 2 aliphatic rings. The summed E-state index contributed by atoms with van der Waals surface area (Å²) >= 11 is 2.01. The molecule has 1 N–H and O–H groups in total. The summed E-state index contributed by atoms with van der Waals surface area (Å²) in [5.41, 5.74) is 1.02. The summed E-state index contributed by atoms with van der Waals surface area (Å²) in [6, 6.07) is 8.73. The lowest BCUT2D eigenvalue weighted by molar-refractivity contribution is -0.0151. The molecule has 98 valence electrons. The van der Waals surface area contributed by atoms with E-state index in [1.165, 1.54) is 16.9 Å².